The van der Waals surface area contributed by atoms with E-state index in [9.17, 15) is 9.59 Å². The Balaban J connectivity index is 1.34. The maximum absolute atomic E-state index is 12.3. The minimum atomic E-state index is -0.660. The third-order valence-corrected chi connectivity index (χ3v) is 5.06. The molecule has 3 N–H and O–H groups in total. The number of fused-ring (bicyclic) bond motifs is 1. The Labute approximate surface area is 139 Å². The normalized spacial score (nSPS) is 29.9. The molecule has 1 aromatic rings. The topological polar surface area (TPSA) is 110 Å². The predicted molar refractivity (Wildman–Crippen MR) is 84.2 cm³/mol. The van der Waals surface area contributed by atoms with Crippen molar-refractivity contribution in [1.29, 1.82) is 0 Å². The highest BCUT2D eigenvalue weighted by Gasteiger charge is 2.42. The molecule has 0 aromatic carbocycles. The first-order chi connectivity index (χ1) is 11.6. The lowest BCUT2D eigenvalue weighted by Gasteiger charge is -2.35. The van der Waals surface area contributed by atoms with Gasteiger partial charge < -0.3 is 15.8 Å². The van der Waals surface area contributed by atoms with Crippen LogP contribution in [0.4, 0.5) is 0 Å². The summed E-state index contributed by atoms with van der Waals surface area (Å²) < 4.78 is 5.97. The molecule has 1 aromatic heterocycles. The molecule has 8 nitrogen and oxygen atoms in total. The molecular weight excluding hydrogens is 310 g/mol. The Morgan fingerprint density at radius 3 is 2.62 bits per heavy atom. The Bertz CT molecular complexity index is 646. The molecule has 0 spiro atoms. The maximum atomic E-state index is 12.3. The van der Waals surface area contributed by atoms with Crippen molar-refractivity contribution in [3.05, 3.63) is 23.8 Å². The highest BCUT2D eigenvalue weighted by molar-refractivity contribution is 5.93. The first-order valence-electron chi connectivity index (χ1n) is 8.38. The first kappa shape index (κ1) is 15.5. The number of hydrogen-bond acceptors (Lipinski definition) is 6. The fourth-order valence-electron chi connectivity index (χ4n) is 3.59. The lowest BCUT2D eigenvalue weighted by atomic mass is 10.1. The summed E-state index contributed by atoms with van der Waals surface area (Å²) >= 11 is 0. The second-order valence-corrected chi connectivity index (χ2v) is 6.87. The molecule has 3 fully saturated rings. The number of nitrogens with zero attached hydrogens (tertiary/aromatic N) is 3. The van der Waals surface area contributed by atoms with Crippen LogP contribution in [0.1, 0.15) is 40.2 Å². The van der Waals surface area contributed by atoms with Crippen LogP contribution < -0.4 is 11.1 Å². The molecule has 0 radical (unpaired) electrons. The van der Waals surface area contributed by atoms with Gasteiger partial charge in [0.25, 0.3) is 11.8 Å². The van der Waals surface area contributed by atoms with Crippen molar-refractivity contribution in [3.63, 3.8) is 0 Å². The van der Waals surface area contributed by atoms with Crippen molar-refractivity contribution in [2.24, 2.45) is 11.7 Å². The van der Waals surface area contributed by atoms with Gasteiger partial charge in [0.05, 0.1) is 25.1 Å². The molecule has 24 heavy (non-hydrogen) atoms. The molecule has 2 aliphatic heterocycles. The Morgan fingerprint density at radius 1 is 1.21 bits per heavy atom. The van der Waals surface area contributed by atoms with Gasteiger partial charge in [-0.1, -0.05) is 0 Å². The van der Waals surface area contributed by atoms with Gasteiger partial charge in [-0.15, -0.1) is 0 Å². The number of hydrogen-bond donors (Lipinski definition) is 2. The zero-order valence-corrected chi connectivity index (χ0v) is 13.4. The average molecular weight is 331 g/mol. The number of morpholine rings is 1. The van der Waals surface area contributed by atoms with E-state index in [0.717, 1.165) is 32.0 Å². The fraction of sp³-hybridized carbons (Fsp3) is 0.625. The molecule has 2 amide bonds. The van der Waals surface area contributed by atoms with E-state index in [1.165, 1.54) is 25.2 Å². The third kappa shape index (κ3) is 3.11. The number of ether oxygens (including phenoxy) is 1. The standard InChI is InChI=1S/C16H21N5O3/c17-15(22)12-4-19-13(5-18-12)16(23)20-10-3-11-8-24-14(9-1-2-9)7-21(11)6-10/h4-5,9-11,14H,1-3,6-8H2,(H2,17,22)(H,20,23)/t10-,11-,14+/m0/s1. The highest BCUT2D eigenvalue weighted by atomic mass is 16.5. The molecule has 1 aliphatic carbocycles. The average Bonchev–Trinajstić information content (AvgIpc) is 3.35. The van der Waals surface area contributed by atoms with Crippen LogP contribution in [0.2, 0.25) is 0 Å². The minimum Gasteiger partial charge on any atom is -0.375 e. The zero-order chi connectivity index (χ0) is 16.7. The van der Waals surface area contributed by atoms with Crippen molar-refractivity contribution in [2.45, 2.75) is 37.5 Å². The smallest absolute Gasteiger partial charge is 0.271 e. The molecule has 0 unspecified atom stereocenters. The van der Waals surface area contributed by atoms with Crippen molar-refractivity contribution in [1.82, 2.24) is 20.2 Å². The third-order valence-electron chi connectivity index (χ3n) is 5.06. The summed E-state index contributed by atoms with van der Waals surface area (Å²) in [5.74, 6) is -0.200. The number of carbonyl (C=O) groups excluding carboxylic acids is 2. The zero-order valence-electron chi connectivity index (χ0n) is 13.4. The van der Waals surface area contributed by atoms with E-state index >= 15 is 0 Å². The Morgan fingerprint density at radius 2 is 1.96 bits per heavy atom. The van der Waals surface area contributed by atoms with E-state index in [1.807, 2.05) is 0 Å². The van der Waals surface area contributed by atoms with Gasteiger partial charge in [0.2, 0.25) is 0 Å². The van der Waals surface area contributed by atoms with Gasteiger partial charge in [0.15, 0.2) is 0 Å². The molecule has 4 rings (SSSR count). The van der Waals surface area contributed by atoms with Gasteiger partial charge in [0, 0.05) is 25.2 Å². The number of nitrogens with two attached hydrogens (primary N) is 1. The second kappa shape index (κ2) is 6.10. The first-order valence-corrected chi connectivity index (χ1v) is 8.38. The van der Waals surface area contributed by atoms with Crippen LogP contribution in [0.5, 0.6) is 0 Å². The summed E-state index contributed by atoms with van der Waals surface area (Å²) in [4.78, 5) is 33.5. The molecule has 8 heteroatoms. The van der Waals surface area contributed by atoms with Crippen LogP contribution >= 0.6 is 0 Å². The summed E-state index contributed by atoms with van der Waals surface area (Å²) in [7, 11) is 0. The summed E-state index contributed by atoms with van der Waals surface area (Å²) in [5.41, 5.74) is 5.36. The SMILES string of the molecule is NC(=O)c1cnc(C(=O)N[C@H]2C[C@H]3CO[C@@H](C4CC4)CN3C2)cn1. The number of carbonyl (C=O) groups is 2. The van der Waals surface area contributed by atoms with E-state index in [0.29, 0.717) is 12.1 Å². The van der Waals surface area contributed by atoms with Crippen LogP contribution in [0, 0.1) is 5.92 Å². The monoisotopic (exact) mass is 331 g/mol. The maximum Gasteiger partial charge on any atom is 0.271 e. The van der Waals surface area contributed by atoms with Gasteiger partial charge in [-0.05, 0) is 25.2 Å². The van der Waals surface area contributed by atoms with Crippen LogP contribution in [-0.2, 0) is 4.74 Å². The van der Waals surface area contributed by atoms with E-state index in [1.54, 1.807) is 0 Å². The van der Waals surface area contributed by atoms with Crippen molar-refractivity contribution >= 4 is 11.8 Å². The second-order valence-electron chi connectivity index (χ2n) is 6.87. The van der Waals surface area contributed by atoms with E-state index in [2.05, 4.69) is 20.2 Å². The van der Waals surface area contributed by atoms with Gasteiger partial charge in [-0.25, -0.2) is 9.97 Å². The van der Waals surface area contributed by atoms with Crippen molar-refractivity contribution in [2.75, 3.05) is 19.7 Å². The summed E-state index contributed by atoms with van der Waals surface area (Å²) in [6, 6.07) is 0.468. The highest BCUT2D eigenvalue weighted by Crippen LogP contribution is 2.37. The van der Waals surface area contributed by atoms with Gasteiger partial charge in [0.1, 0.15) is 11.4 Å². The lowest BCUT2D eigenvalue weighted by Crippen LogP contribution is -2.47. The summed E-state index contributed by atoms with van der Waals surface area (Å²) in [6.45, 7) is 2.56. The van der Waals surface area contributed by atoms with Crippen LogP contribution in [0.15, 0.2) is 12.4 Å². The number of aromatic nitrogens is 2. The molecule has 3 aliphatic rings. The molecular formula is C16H21N5O3. The lowest BCUT2D eigenvalue weighted by molar-refractivity contribution is -0.0581. The van der Waals surface area contributed by atoms with Crippen LogP contribution in [-0.4, -0.2) is 64.6 Å². The molecule has 2 saturated heterocycles. The van der Waals surface area contributed by atoms with Crippen molar-refractivity contribution < 1.29 is 14.3 Å². The van der Waals surface area contributed by atoms with E-state index < -0.39 is 5.91 Å². The summed E-state index contributed by atoms with van der Waals surface area (Å²) in [6.07, 6.45) is 6.32. The molecule has 0 bridgehead atoms. The minimum absolute atomic E-state index is 0.0489. The van der Waals surface area contributed by atoms with E-state index in [4.69, 9.17) is 10.5 Å². The molecule has 3 atom stereocenters. The van der Waals surface area contributed by atoms with E-state index in [-0.39, 0.29) is 23.3 Å². The molecule has 1 saturated carbocycles. The van der Waals surface area contributed by atoms with Gasteiger partial charge in [-0.3, -0.25) is 14.5 Å². The number of rotatable bonds is 4. The largest absolute Gasteiger partial charge is 0.375 e. The van der Waals surface area contributed by atoms with Crippen LogP contribution in [0.3, 0.4) is 0 Å². The summed E-state index contributed by atoms with van der Waals surface area (Å²) in [5, 5.41) is 3.01. The van der Waals surface area contributed by atoms with Crippen molar-refractivity contribution in [3.8, 4) is 0 Å². The predicted octanol–water partition coefficient (Wildman–Crippen LogP) is -0.443. The molecule has 128 valence electrons. The fourth-order valence-corrected chi connectivity index (χ4v) is 3.59. The molecule has 3 heterocycles. The Hall–Kier alpha value is -2.06. The number of nitrogens with one attached hydrogen (secondary N) is 1. The number of amides is 2. The van der Waals surface area contributed by atoms with Crippen LogP contribution in [0.25, 0.3) is 0 Å². The van der Waals surface area contributed by atoms with Gasteiger partial charge >= 0.3 is 0 Å². The quantitative estimate of drug-likeness (QED) is 0.774. The number of primary amides is 1. The Kier molecular flexibility index (Phi) is 3.93. The van der Waals surface area contributed by atoms with Gasteiger partial charge in [-0.2, -0.15) is 0 Å².